The smallest absolute Gasteiger partial charge is 0.255 e. The van der Waals surface area contributed by atoms with Crippen molar-refractivity contribution in [1.29, 1.82) is 0 Å². The molecule has 6 heteroatoms. The number of benzene rings is 1. The fourth-order valence-electron chi connectivity index (χ4n) is 2.81. The van der Waals surface area contributed by atoms with E-state index < -0.39 is 0 Å². The number of hydrogen-bond acceptors (Lipinski definition) is 4. The zero-order valence-corrected chi connectivity index (χ0v) is 13.2. The van der Waals surface area contributed by atoms with Gasteiger partial charge in [0, 0.05) is 22.1 Å². The molecule has 0 bridgehead atoms. The van der Waals surface area contributed by atoms with Crippen LogP contribution in [0.4, 0.5) is 0 Å². The van der Waals surface area contributed by atoms with Crippen LogP contribution in [0.5, 0.6) is 0 Å². The van der Waals surface area contributed by atoms with Crippen molar-refractivity contribution < 1.29 is 9.59 Å². The van der Waals surface area contributed by atoms with E-state index >= 15 is 0 Å². The second-order valence-electron chi connectivity index (χ2n) is 5.01. The third-order valence-corrected chi connectivity index (χ3v) is 6.40. The van der Waals surface area contributed by atoms with Crippen molar-refractivity contribution in [3.8, 4) is 0 Å². The van der Waals surface area contributed by atoms with Gasteiger partial charge < -0.3 is 4.90 Å². The quantitative estimate of drug-likeness (QED) is 0.730. The number of halogens is 1. The van der Waals surface area contributed by atoms with Gasteiger partial charge in [-0.05, 0) is 11.6 Å². The summed E-state index contributed by atoms with van der Waals surface area (Å²) in [4.78, 5) is 26.7. The molecule has 3 nitrogen and oxygen atoms in total. The number of hydrogen-bond donors (Lipinski definition) is 0. The predicted molar refractivity (Wildman–Crippen MR) is 85.2 cm³/mol. The highest BCUT2D eigenvalue weighted by molar-refractivity contribution is 8.00. The number of fused-ring (bicyclic) bond motifs is 4. The maximum Gasteiger partial charge on any atom is 0.255 e. The van der Waals surface area contributed by atoms with Crippen LogP contribution in [0.3, 0.4) is 0 Å². The minimum atomic E-state index is -0.0956. The van der Waals surface area contributed by atoms with E-state index in [0.29, 0.717) is 22.2 Å². The summed E-state index contributed by atoms with van der Waals surface area (Å²) in [5.41, 5.74) is 3.19. The Morgan fingerprint density at radius 1 is 1.19 bits per heavy atom. The fourth-order valence-corrected chi connectivity index (χ4v) is 5.12. The number of ketones is 1. The topological polar surface area (TPSA) is 37.4 Å². The zero-order valence-electron chi connectivity index (χ0n) is 10.8. The summed E-state index contributed by atoms with van der Waals surface area (Å²) in [5.74, 6) is 0.475. The van der Waals surface area contributed by atoms with E-state index in [1.54, 1.807) is 5.38 Å². The first-order valence-corrected chi connectivity index (χ1v) is 8.78. The summed E-state index contributed by atoms with van der Waals surface area (Å²) < 4.78 is 0.604. The van der Waals surface area contributed by atoms with Crippen LogP contribution in [0.2, 0.25) is 4.34 Å². The van der Waals surface area contributed by atoms with Gasteiger partial charge >= 0.3 is 0 Å². The van der Waals surface area contributed by atoms with Crippen molar-refractivity contribution >= 4 is 46.4 Å². The summed E-state index contributed by atoms with van der Waals surface area (Å²) in [6.07, 6.45) is 0. The minimum absolute atomic E-state index is 0.0191. The van der Waals surface area contributed by atoms with Crippen LogP contribution in [0.15, 0.2) is 29.6 Å². The number of amides is 1. The molecular formula is C15H10ClNO2S2. The number of rotatable bonds is 0. The van der Waals surface area contributed by atoms with Crippen molar-refractivity contribution in [2.24, 2.45) is 0 Å². The molecule has 0 N–H and O–H groups in total. The highest BCUT2D eigenvalue weighted by atomic mass is 35.5. The van der Waals surface area contributed by atoms with Crippen LogP contribution >= 0.6 is 34.7 Å². The third kappa shape index (κ3) is 1.95. The van der Waals surface area contributed by atoms with Crippen molar-refractivity contribution in [1.82, 2.24) is 4.90 Å². The van der Waals surface area contributed by atoms with Crippen molar-refractivity contribution in [2.75, 3.05) is 5.75 Å². The van der Waals surface area contributed by atoms with Gasteiger partial charge in [-0.2, -0.15) is 0 Å². The highest BCUT2D eigenvalue weighted by Gasteiger charge is 2.39. The van der Waals surface area contributed by atoms with Crippen LogP contribution in [0, 0.1) is 0 Å². The lowest BCUT2D eigenvalue weighted by Gasteiger charge is -2.27. The van der Waals surface area contributed by atoms with E-state index in [9.17, 15) is 9.59 Å². The Balaban J connectivity index is 1.83. The first-order valence-electron chi connectivity index (χ1n) is 6.47. The maximum absolute atomic E-state index is 12.6. The van der Waals surface area contributed by atoms with Crippen LogP contribution in [0.1, 0.15) is 37.2 Å². The lowest BCUT2D eigenvalue weighted by molar-refractivity contribution is 0.0757. The first-order chi connectivity index (χ1) is 10.2. The molecule has 3 heterocycles. The largest absolute Gasteiger partial charge is 0.318 e. The number of nitrogens with zero attached hydrogens (tertiary/aromatic N) is 1. The second-order valence-corrected chi connectivity index (χ2v) is 7.56. The average molecular weight is 336 g/mol. The minimum Gasteiger partial charge on any atom is -0.318 e. The number of thiophene rings is 1. The summed E-state index contributed by atoms with van der Waals surface area (Å²) in [7, 11) is 0. The number of carbonyl (C=O) groups excluding carboxylic acids is 2. The molecule has 1 aromatic heterocycles. The molecule has 1 aromatic carbocycles. The van der Waals surface area contributed by atoms with Crippen LogP contribution in [0.25, 0.3) is 0 Å². The monoisotopic (exact) mass is 335 g/mol. The molecule has 2 aliphatic rings. The zero-order chi connectivity index (χ0) is 14.6. The number of Topliss-reactive ketones (excluding diaryl/α,β-unsaturated/α-hetero) is 1. The summed E-state index contributed by atoms with van der Waals surface area (Å²) >= 11 is 9.09. The summed E-state index contributed by atoms with van der Waals surface area (Å²) in [6.45, 7) is 0.397. The Morgan fingerprint density at radius 3 is 2.86 bits per heavy atom. The van der Waals surface area contributed by atoms with E-state index in [2.05, 4.69) is 0 Å². The summed E-state index contributed by atoms with van der Waals surface area (Å²) in [5, 5.41) is 1.70. The first kappa shape index (κ1) is 13.4. The molecule has 4 rings (SSSR count). The molecule has 2 aliphatic heterocycles. The average Bonchev–Trinajstić information content (AvgIpc) is 2.96. The van der Waals surface area contributed by atoms with Gasteiger partial charge in [0.05, 0.1) is 16.6 Å². The molecule has 1 unspecified atom stereocenters. The van der Waals surface area contributed by atoms with Gasteiger partial charge in [-0.1, -0.05) is 29.8 Å². The van der Waals surface area contributed by atoms with E-state index in [1.807, 2.05) is 29.2 Å². The molecule has 2 aromatic rings. The van der Waals surface area contributed by atoms with E-state index in [1.165, 1.54) is 23.1 Å². The number of thioether (sulfide) groups is 1. The van der Waals surface area contributed by atoms with Gasteiger partial charge in [0.1, 0.15) is 5.37 Å². The predicted octanol–water partition coefficient (Wildman–Crippen LogP) is 3.99. The fraction of sp³-hybridized carbons (Fsp3) is 0.200. The molecule has 106 valence electrons. The molecule has 0 saturated heterocycles. The molecule has 0 radical (unpaired) electrons. The van der Waals surface area contributed by atoms with Gasteiger partial charge in [0.25, 0.3) is 5.91 Å². The number of carbonyl (C=O) groups is 2. The highest BCUT2D eigenvalue weighted by Crippen LogP contribution is 2.45. The molecule has 0 aliphatic carbocycles. The van der Waals surface area contributed by atoms with E-state index in [4.69, 9.17) is 11.6 Å². The molecule has 0 saturated carbocycles. The van der Waals surface area contributed by atoms with Crippen LogP contribution < -0.4 is 0 Å². The Morgan fingerprint density at radius 2 is 2.00 bits per heavy atom. The van der Waals surface area contributed by atoms with Crippen LogP contribution in [-0.4, -0.2) is 22.3 Å². The second kappa shape index (κ2) is 4.87. The van der Waals surface area contributed by atoms with Crippen molar-refractivity contribution in [3.05, 3.63) is 56.2 Å². The lowest BCUT2D eigenvalue weighted by Crippen LogP contribution is -2.29. The molecule has 1 amide bonds. The van der Waals surface area contributed by atoms with Crippen molar-refractivity contribution in [2.45, 2.75) is 11.9 Å². The summed E-state index contributed by atoms with van der Waals surface area (Å²) in [6, 6.07) is 7.61. The Labute approximate surface area is 134 Å². The molecule has 0 spiro atoms. The van der Waals surface area contributed by atoms with E-state index in [0.717, 1.165) is 16.7 Å². The van der Waals surface area contributed by atoms with Gasteiger partial charge in [-0.25, -0.2) is 0 Å². The third-order valence-electron chi connectivity index (χ3n) is 3.84. The van der Waals surface area contributed by atoms with Gasteiger partial charge in [0.2, 0.25) is 0 Å². The Kier molecular flexibility index (Phi) is 3.10. The molecule has 1 atom stereocenters. The van der Waals surface area contributed by atoms with Crippen molar-refractivity contribution in [3.63, 3.8) is 0 Å². The normalized spacial score (nSPS) is 20.6. The SMILES string of the molecule is O=C1CSC2c3ccccc3C(=O)N2Cc2c1csc2Cl. The standard InChI is InChI=1S/C15H10ClNO2S2/c16-13-10-5-17-14(19)8-3-1-2-4-9(8)15(17)21-7-12(18)11(10)6-20-13/h1-4,6,15H,5,7H2. The van der Waals surface area contributed by atoms with Gasteiger partial charge in [-0.15, -0.1) is 23.1 Å². The van der Waals surface area contributed by atoms with Gasteiger partial charge in [0.15, 0.2) is 5.78 Å². The maximum atomic E-state index is 12.6. The Hall–Kier alpha value is -1.30. The lowest BCUT2D eigenvalue weighted by atomic mass is 10.1. The molecule has 0 fully saturated rings. The molecule has 21 heavy (non-hydrogen) atoms. The Bertz CT molecular complexity index is 771. The molecular weight excluding hydrogens is 326 g/mol. The van der Waals surface area contributed by atoms with Gasteiger partial charge in [-0.3, -0.25) is 9.59 Å². The van der Waals surface area contributed by atoms with Crippen LogP contribution in [-0.2, 0) is 6.54 Å². The van der Waals surface area contributed by atoms with E-state index in [-0.39, 0.29) is 17.1 Å².